The molecule has 2 heterocycles. The van der Waals surface area contributed by atoms with E-state index in [1.807, 2.05) is 51.1 Å². The molecule has 0 spiro atoms. The van der Waals surface area contributed by atoms with E-state index in [1.165, 1.54) is 0 Å². The fourth-order valence-corrected chi connectivity index (χ4v) is 3.22. The number of fused-ring (bicyclic) bond motifs is 1. The van der Waals surface area contributed by atoms with Crippen LogP contribution in [0.25, 0.3) is 11.0 Å². The Balaban J connectivity index is 1.80. The third-order valence-corrected chi connectivity index (χ3v) is 4.41. The smallest absolute Gasteiger partial charge is 0.339 e. The van der Waals surface area contributed by atoms with Crippen LogP contribution in [0, 0.1) is 20.8 Å². The number of para-hydroxylation sites is 2. The van der Waals surface area contributed by atoms with Crippen molar-refractivity contribution in [3.63, 3.8) is 0 Å². The van der Waals surface area contributed by atoms with Gasteiger partial charge in [-0.25, -0.2) is 14.8 Å². The second-order valence-electron chi connectivity index (χ2n) is 5.15. The van der Waals surface area contributed by atoms with E-state index in [-0.39, 0.29) is 12.6 Å². The Kier molecular flexibility index (Phi) is 3.90. The highest BCUT2D eigenvalue weighted by molar-refractivity contribution is 7.12. The Morgan fingerprint density at radius 2 is 1.82 bits per heavy atom. The zero-order chi connectivity index (χ0) is 15.7. The zero-order valence-corrected chi connectivity index (χ0v) is 13.5. The average molecular weight is 312 g/mol. The molecule has 0 radical (unpaired) electrons. The minimum atomic E-state index is -0.309. The summed E-state index contributed by atoms with van der Waals surface area (Å²) >= 11 is 1.60. The molecule has 0 aliphatic rings. The van der Waals surface area contributed by atoms with Crippen LogP contribution in [0.15, 0.2) is 30.3 Å². The number of hydrogen-bond acceptors (Lipinski definition) is 5. The lowest BCUT2D eigenvalue weighted by molar-refractivity contribution is 0.0467. The molecule has 1 aromatic carbocycles. The predicted molar refractivity (Wildman–Crippen MR) is 87.2 cm³/mol. The Morgan fingerprint density at radius 3 is 2.45 bits per heavy atom. The molecule has 2 aromatic heterocycles. The molecule has 5 heteroatoms. The molecular formula is C17H16N2O2S. The first-order valence-electron chi connectivity index (χ1n) is 7.01. The summed E-state index contributed by atoms with van der Waals surface area (Å²) in [6, 6.07) is 9.53. The molecule has 3 rings (SSSR count). The highest BCUT2D eigenvalue weighted by Crippen LogP contribution is 2.22. The maximum Gasteiger partial charge on any atom is 0.339 e. The first-order valence-corrected chi connectivity index (χ1v) is 7.82. The van der Waals surface area contributed by atoms with Gasteiger partial charge in [0.05, 0.1) is 28.0 Å². The molecule has 4 nitrogen and oxygen atoms in total. The van der Waals surface area contributed by atoms with E-state index < -0.39 is 0 Å². The van der Waals surface area contributed by atoms with Crippen LogP contribution in [-0.2, 0) is 11.3 Å². The van der Waals surface area contributed by atoms with Crippen molar-refractivity contribution in [3.8, 4) is 0 Å². The summed E-state index contributed by atoms with van der Waals surface area (Å²) in [6.07, 6.45) is 0. The SMILES string of the molecule is Cc1cc(C(=O)OCc2nc3ccccc3nc2C)c(C)s1. The third kappa shape index (κ3) is 2.85. The van der Waals surface area contributed by atoms with Crippen LogP contribution in [-0.4, -0.2) is 15.9 Å². The molecule has 112 valence electrons. The van der Waals surface area contributed by atoms with Crippen molar-refractivity contribution in [1.82, 2.24) is 9.97 Å². The van der Waals surface area contributed by atoms with Crippen LogP contribution >= 0.6 is 11.3 Å². The number of nitrogens with zero attached hydrogens (tertiary/aromatic N) is 2. The van der Waals surface area contributed by atoms with Crippen LogP contribution in [0.5, 0.6) is 0 Å². The van der Waals surface area contributed by atoms with E-state index in [4.69, 9.17) is 4.74 Å². The van der Waals surface area contributed by atoms with E-state index in [1.54, 1.807) is 11.3 Å². The van der Waals surface area contributed by atoms with Gasteiger partial charge in [-0.15, -0.1) is 11.3 Å². The lowest BCUT2D eigenvalue weighted by atomic mass is 10.2. The number of benzene rings is 1. The normalized spacial score (nSPS) is 10.9. The monoisotopic (exact) mass is 312 g/mol. The van der Waals surface area contributed by atoms with Gasteiger partial charge < -0.3 is 4.74 Å². The molecule has 0 amide bonds. The van der Waals surface area contributed by atoms with Crippen LogP contribution < -0.4 is 0 Å². The van der Waals surface area contributed by atoms with Crippen LogP contribution in [0.2, 0.25) is 0 Å². The van der Waals surface area contributed by atoms with Gasteiger partial charge in [-0.3, -0.25) is 0 Å². The first-order chi connectivity index (χ1) is 10.5. The number of hydrogen-bond donors (Lipinski definition) is 0. The third-order valence-electron chi connectivity index (χ3n) is 3.44. The molecule has 0 N–H and O–H groups in total. The molecule has 3 aromatic rings. The van der Waals surface area contributed by atoms with Crippen molar-refractivity contribution >= 4 is 28.3 Å². The molecule has 0 unspecified atom stereocenters. The highest BCUT2D eigenvalue weighted by atomic mass is 32.1. The Bertz CT molecular complexity index is 855. The van der Waals surface area contributed by atoms with Gasteiger partial charge in [-0.1, -0.05) is 12.1 Å². The fourth-order valence-electron chi connectivity index (χ4n) is 2.31. The first kappa shape index (κ1) is 14.7. The lowest BCUT2D eigenvalue weighted by Gasteiger charge is -2.07. The largest absolute Gasteiger partial charge is 0.455 e. The number of esters is 1. The molecule has 0 atom stereocenters. The van der Waals surface area contributed by atoms with Crippen molar-refractivity contribution in [2.45, 2.75) is 27.4 Å². The van der Waals surface area contributed by atoms with E-state index in [0.717, 1.165) is 26.5 Å². The zero-order valence-electron chi connectivity index (χ0n) is 12.7. The highest BCUT2D eigenvalue weighted by Gasteiger charge is 2.15. The second-order valence-corrected chi connectivity index (χ2v) is 6.61. The molecule has 0 bridgehead atoms. The summed E-state index contributed by atoms with van der Waals surface area (Å²) < 4.78 is 5.40. The van der Waals surface area contributed by atoms with E-state index in [2.05, 4.69) is 9.97 Å². The van der Waals surface area contributed by atoms with Gasteiger partial charge in [0.1, 0.15) is 6.61 Å². The summed E-state index contributed by atoms with van der Waals surface area (Å²) in [4.78, 5) is 23.3. The summed E-state index contributed by atoms with van der Waals surface area (Å²) in [7, 11) is 0. The molecule has 0 fully saturated rings. The minimum Gasteiger partial charge on any atom is -0.455 e. The van der Waals surface area contributed by atoms with Gasteiger partial charge in [0.2, 0.25) is 0 Å². The van der Waals surface area contributed by atoms with Gasteiger partial charge in [0, 0.05) is 9.75 Å². The molecule has 0 saturated carbocycles. The van der Waals surface area contributed by atoms with Crippen molar-refractivity contribution in [1.29, 1.82) is 0 Å². The molecule has 0 saturated heterocycles. The minimum absolute atomic E-state index is 0.136. The summed E-state index contributed by atoms with van der Waals surface area (Å²) in [5, 5.41) is 0. The summed E-state index contributed by atoms with van der Waals surface area (Å²) in [6.45, 7) is 5.92. The van der Waals surface area contributed by atoms with Crippen molar-refractivity contribution in [2.24, 2.45) is 0 Å². The number of rotatable bonds is 3. The Hall–Kier alpha value is -2.27. The van der Waals surface area contributed by atoms with Gasteiger partial charge in [0.25, 0.3) is 0 Å². The topological polar surface area (TPSA) is 52.1 Å². The van der Waals surface area contributed by atoms with Gasteiger partial charge in [-0.05, 0) is 39.0 Å². The maximum atomic E-state index is 12.2. The van der Waals surface area contributed by atoms with Gasteiger partial charge in [-0.2, -0.15) is 0 Å². The number of carbonyl (C=O) groups is 1. The van der Waals surface area contributed by atoms with Crippen molar-refractivity contribution in [2.75, 3.05) is 0 Å². The van der Waals surface area contributed by atoms with Crippen molar-refractivity contribution < 1.29 is 9.53 Å². The molecular weight excluding hydrogens is 296 g/mol. The Labute approximate surface area is 132 Å². The summed E-state index contributed by atoms with van der Waals surface area (Å²) in [5.41, 5.74) is 3.76. The second kappa shape index (κ2) is 5.85. The van der Waals surface area contributed by atoms with Gasteiger partial charge in [0.15, 0.2) is 0 Å². The summed E-state index contributed by atoms with van der Waals surface area (Å²) in [5.74, 6) is -0.309. The van der Waals surface area contributed by atoms with Gasteiger partial charge >= 0.3 is 5.97 Å². The fraction of sp³-hybridized carbons (Fsp3) is 0.235. The quantitative estimate of drug-likeness (QED) is 0.687. The van der Waals surface area contributed by atoms with Crippen LogP contribution in [0.3, 0.4) is 0 Å². The maximum absolute atomic E-state index is 12.2. The molecule has 22 heavy (non-hydrogen) atoms. The lowest BCUT2D eigenvalue weighted by Crippen LogP contribution is -2.08. The molecule has 0 aliphatic carbocycles. The number of carbonyl (C=O) groups excluding carboxylic acids is 1. The predicted octanol–water partition coefficient (Wildman–Crippen LogP) is 3.97. The van der Waals surface area contributed by atoms with E-state index in [9.17, 15) is 4.79 Å². The molecule has 0 aliphatic heterocycles. The van der Waals surface area contributed by atoms with Crippen molar-refractivity contribution in [3.05, 3.63) is 57.0 Å². The van der Waals surface area contributed by atoms with Crippen LogP contribution in [0.1, 0.15) is 31.5 Å². The number of aromatic nitrogens is 2. The van der Waals surface area contributed by atoms with E-state index >= 15 is 0 Å². The number of thiophene rings is 1. The van der Waals surface area contributed by atoms with E-state index in [0.29, 0.717) is 11.3 Å². The Morgan fingerprint density at radius 1 is 1.14 bits per heavy atom. The standard InChI is InChI=1S/C17H16N2O2S/c1-10-8-13(12(3)22-10)17(20)21-9-16-11(2)18-14-6-4-5-7-15(14)19-16/h4-8H,9H2,1-3H3. The van der Waals surface area contributed by atoms with Crippen LogP contribution in [0.4, 0.5) is 0 Å². The number of aryl methyl sites for hydroxylation is 3. The average Bonchev–Trinajstić information content (AvgIpc) is 2.83. The number of ether oxygens (including phenoxy) is 1.